The van der Waals surface area contributed by atoms with E-state index in [1.807, 2.05) is 37.3 Å². The number of nitrogens with zero attached hydrogens (tertiary/aromatic N) is 2. The van der Waals surface area contributed by atoms with Gasteiger partial charge in [0.15, 0.2) is 0 Å². The van der Waals surface area contributed by atoms with Crippen LogP contribution in [0.25, 0.3) is 16.5 Å². The molecule has 2 aliphatic heterocycles. The van der Waals surface area contributed by atoms with E-state index in [1.165, 1.54) is 12.1 Å². The maximum absolute atomic E-state index is 13.6. The molecule has 0 aliphatic carbocycles. The van der Waals surface area contributed by atoms with Gasteiger partial charge in [-0.25, -0.2) is 4.39 Å². The summed E-state index contributed by atoms with van der Waals surface area (Å²) in [5.74, 6) is 0.939. The summed E-state index contributed by atoms with van der Waals surface area (Å²) in [4.78, 5) is 2.15. The smallest absolute Gasteiger partial charge is 0.145 e. The van der Waals surface area contributed by atoms with E-state index in [2.05, 4.69) is 11.0 Å². The number of allylic oxidation sites excluding steroid dienone is 2. The lowest BCUT2D eigenvalue weighted by atomic mass is 9.90. The second-order valence-corrected chi connectivity index (χ2v) is 7.52. The topological polar surface area (TPSA) is 45.5 Å². The number of rotatable bonds is 3. The molecule has 0 fully saturated rings. The minimum atomic E-state index is -0.276. The number of nitriles is 1. The number of halogens is 1. The van der Waals surface area contributed by atoms with Gasteiger partial charge < -0.3 is 14.4 Å². The summed E-state index contributed by atoms with van der Waals surface area (Å²) in [6.45, 7) is 3.12. The van der Waals surface area contributed by atoms with Gasteiger partial charge in [-0.15, -0.1) is 0 Å². The summed E-state index contributed by atoms with van der Waals surface area (Å²) in [5.41, 5.74) is 4.08. The first-order valence-corrected chi connectivity index (χ1v) is 10.4. The zero-order valence-corrected chi connectivity index (χ0v) is 17.2. The molecule has 0 unspecified atom stereocenters. The molecule has 31 heavy (non-hydrogen) atoms. The Balaban J connectivity index is 1.86. The van der Waals surface area contributed by atoms with Crippen LogP contribution in [0.4, 0.5) is 10.1 Å². The highest BCUT2D eigenvalue weighted by atomic mass is 19.1. The lowest BCUT2D eigenvalue weighted by Crippen LogP contribution is -2.28. The number of hydrogen-bond acceptors (Lipinski definition) is 4. The second-order valence-electron chi connectivity index (χ2n) is 7.52. The molecule has 0 aromatic heterocycles. The number of fused-ring (bicyclic) bond motifs is 4. The van der Waals surface area contributed by atoms with Crippen molar-refractivity contribution < 1.29 is 13.9 Å². The van der Waals surface area contributed by atoms with Crippen molar-refractivity contribution in [3.05, 3.63) is 83.4 Å². The molecule has 4 nitrogen and oxygen atoms in total. The monoisotopic (exact) mass is 412 g/mol. The molecule has 5 heteroatoms. The average molecular weight is 412 g/mol. The van der Waals surface area contributed by atoms with Gasteiger partial charge in [0, 0.05) is 23.0 Å². The van der Waals surface area contributed by atoms with Gasteiger partial charge in [-0.3, -0.25) is 0 Å². The Hall–Kier alpha value is -3.78. The van der Waals surface area contributed by atoms with Crippen LogP contribution in [0.3, 0.4) is 0 Å². The fraction of sp³-hybridized carbons (Fsp3) is 0.192. The highest BCUT2D eigenvalue weighted by Crippen LogP contribution is 2.48. The molecule has 5 rings (SSSR count). The molecule has 0 N–H and O–H groups in total. The van der Waals surface area contributed by atoms with Crippen molar-refractivity contribution in [2.45, 2.75) is 19.8 Å². The quantitative estimate of drug-likeness (QED) is 0.516. The molecule has 2 heterocycles. The molecule has 154 valence electrons. The molecule has 0 atom stereocenters. The third-order valence-corrected chi connectivity index (χ3v) is 5.75. The van der Waals surface area contributed by atoms with Gasteiger partial charge in [0.25, 0.3) is 0 Å². The van der Waals surface area contributed by atoms with E-state index in [1.54, 1.807) is 18.4 Å². The van der Waals surface area contributed by atoms with Crippen molar-refractivity contribution in [2.75, 3.05) is 18.1 Å². The van der Waals surface area contributed by atoms with E-state index in [0.29, 0.717) is 23.7 Å². The van der Waals surface area contributed by atoms with Crippen LogP contribution < -0.4 is 14.4 Å². The molecule has 0 bridgehead atoms. The standard InChI is InChI=1S/C26H21FN2O2/c1-2-30-25-20-7-3-4-8-21(20)26-23(22(25)16-28)24-17(13-15-31-26)6-5-14-29(24)19-11-9-18(27)10-12-19/h3-4,7-13,15H,2,5-6,14H2,1H3. The van der Waals surface area contributed by atoms with Crippen molar-refractivity contribution in [1.82, 2.24) is 0 Å². The first kappa shape index (κ1) is 19.2. The van der Waals surface area contributed by atoms with Gasteiger partial charge in [-0.2, -0.15) is 5.26 Å². The van der Waals surface area contributed by atoms with Gasteiger partial charge in [0.1, 0.15) is 28.9 Å². The van der Waals surface area contributed by atoms with Crippen molar-refractivity contribution in [3.63, 3.8) is 0 Å². The molecule has 2 aliphatic rings. The Morgan fingerprint density at radius 3 is 2.65 bits per heavy atom. The predicted octanol–water partition coefficient (Wildman–Crippen LogP) is 6.17. The summed E-state index contributed by atoms with van der Waals surface area (Å²) < 4.78 is 25.7. The van der Waals surface area contributed by atoms with Crippen molar-refractivity contribution >= 4 is 22.2 Å². The Morgan fingerprint density at radius 1 is 1.13 bits per heavy atom. The van der Waals surface area contributed by atoms with Gasteiger partial charge in [-0.1, -0.05) is 24.3 Å². The molecular weight excluding hydrogens is 391 g/mol. The summed E-state index contributed by atoms with van der Waals surface area (Å²) in [5, 5.41) is 12.0. The number of hydrogen-bond donors (Lipinski definition) is 0. The SMILES string of the molecule is CCOc1c(C#N)c2c(c3ccccc13)OC=CC1=C2N(c2ccc(F)cc2)CCC1. The molecule has 0 radical (unpaired) electrons. The Kier molecular flexibility index (Phi) is 4.83. The number of benzene rings is 3. The highest BCUT2D eigenvalue weighted by molar-refractivity contribution is 6.03. The third-order valence-electron chi connectivity index (χ3n) is 5.75. The van der Waals surface area contributed by atoms with Crippen LogP contribution in [0.2, 0.25) is 0 Å². The summed E-state index contributed by atoms with van der Waals surface area (Å²) in [7, 11) is 0. The van der Waals surface area contributed by atoms with E-state index >= 15 is 0 Å². The predicted molar refractivity (Wildman–Crippen MR) is 120 cm³/mol. The Labute approximate surface area is 180 Å². The minimum Gasteiger partial charge on any atom is -0.492 e. The molecule has 0 saturated heterocycles. The van der Waals surface area contributed by atoms with Gasteiger partial charge >= 0.3 is 0 Å². The van der Waals surface area contributed by atoms with Gasteiger partial charge in [0.2, 0.25) is 0 Å². The van der Waals surface area contributed by atoms with Crippen LogP contribution >= 0.6 is 0 Å². The summed E-state index contributed by atoms with van der Waals surface area (Å²) >= 11 is 0. The molecule has 3 aromatic rings. The summed E-state index contributed by atoms with van der Waals surface area (Å²) in [6.07, 6.45) is 5.49. The third kappa shape index (κ3) is 3.12. The molecule has 0 saturated carbocycles. The molecular formula is C26H21FN2O2. The lowest BCUT2D eigenvalue weighted by molar-refractivity contribution is 0.343. The largest absolute Gasteiger partial charge is 0.492 e. The zero-order valence-electron chi connectivity index (χ0n) is 17.2. The summed E-state index contributed by atoms with van der Waals surface area (Å²) in [6, 6.07) is 16.7. The number of ether oxygens (including phenoxy) is 2. The van der Waals surface area contributed by atoms with E-state index in [0.717, 1.165) is 52.7 Å². The van der Waals surface area contributed by atoms with Crippen LogP contribution in [0.1, 0.15) is 30.9 Å². The first-order valence-electron chi connectivity index (χ1n) is 10.4. The van der Waals surface area contributed by atoms with Crippen LogP contribution in [0, 0.1) is 17.1 Å². The normalized spacial score (nSPS) is 15.1. The van der Waals surface area contributed by atoms with Gasteiger partial charge in [0.05, 0.1) is 24.1 Å². The van der Waals surface area contributed by atoms with Crippen LogP contribution in [0.5, 0.6) is 11.5 Å². The molecule has 0 spiro atoms. The van der Waals surface area contributed by atoms with Gasteiger partial charge in [-0.05, 0) is 55.7 Å². The highest BCUT2D eigenvalue weighted by Gasteiger charge is 2.32. The first-order chi connectivity index (χ1) is 15.2. The Bertz CT molecular complexity index is 1270. The molecule has 0 amide bonds. The molecule has 3 aromatic carbocycles. The Morgan fingerprint density at radius 2 is 1.90 bits per heavy atom. The van der Waals surface area contributed by atoms with Crippen LogP contribution in [-0.4, -0.2) is 13.2 Å². The van der Waals surface area contributed by atoms with E-state index < -0.39 is 0 Å². The maximum Gasteiger partial charge on any atom is 0.145 e. The fourth-order valence-corrected chi connectivity index (χ4v) is 4.48. The average Bonchev–Trinajstić information content (AvgIpc) is 3.00. The van der Waals surface area contributed by atoms with Crippen LogP contribution in [0.15, 0.2) is 66.4 Å². The number of anilines is 1. The zero-order chi connectivity index (χ0) is 21.4. The van der Waals surface area contributed by atoms with E-state index in [9.17, 15) is 9.65 Å². The van der Waals surface area contributed by atoms with Crippen LogP contribution in [-0.2, 0) is 0 Å². The van der Waals surface area contributed by atoms with E-state index in [4.69, 9.17) is 9.47 Å². The van der Waals surface area contributed by atoms with E-state index in [-0.39, 0.29) is 5.82 Å². The fourth-order valence-electron chi connectivity index (χ4n) is 4.48. The van der Waals surface area contributed by atoms with Crippen molar-refractivity contribution in [1.29, 1.82) is 5.26 Å². The van der Waals surface area contributed by atoms with Crippen molar-refractivity contribution in [2.24, 2.45) is 0 Å². The van der Waals surface area contributed by atoms with Crippen molar-refractivity contribution in [3.8, 4) is 17.6 Å². The minimum absolute atomic E-state index is 0.276. The second kappa shape index (κ2) is 7.81. The maximum atomic E-state index is 13.6. The lowest BCUT2D eigenvalue weighted by Gasteiger charge is -2.34.